The highest BCUT2D eigenvalue weighted by Crippen LogP contribution is 2.26. The van der Waals surface area contributed by atoms with Gasteiger partial charge in [0.2, 0.25) is 0 Å². The Kier molecular flexibility index (Phi) is 4.12. The van der Waals surface area contributed by atoms with E-state index < -0.39 is 0 Å². The van der Waals surface area contributed by atoms with Crippen molar-refractivity contribution in [3.05, 3.63) is 30.1 Å². The summed E-state index contributed by atoms with van der Waals surface area (Å²) in [7, 11) is 0. The largest absolute Gasteiger partial charge is 0.353 e. The number of pyridine rings is 1. The van der Waals surface area contributed by atoms with Gasteiger partial charge in [0.1, 0.15) is 5.65 Å². The lowest BCUT2D eigenvalue weighted by molar-refractivity contribution is 0.232. The van der Waals surface area contributed by atoms with Crippen LogP contribution in [0.5, 0.6) is 0 Å². The summed E-state index contributed by atoms with van der Waals surface area (Å²) in [6, 6.07) is 6.73. The fraction of sp³-hybridized carbons (Fsp3) is 0.562. The molecule has 3 rings (SSSR count). The van der Waals surface area contributed by atoms with Crippen LogP contribution >= 0.6 is 0 Å². The van der Waals surface area contributed by atoms with Crippen molar-refractivity contribution in [3.8, 4) is 0 Å². The van der Waals surface area contributed by atoms with Crippen LogP contribution in [-0.2, 0) is 6.54 Å². The molecule has 1 aliphatic rings. The minimum atomic E-state index is 0.521. The lowest BCUT2D eigenvalue weighted by atomic mass is 10.2. The maximum Gasteiger partial charge on any atom is 0.152 e. The number of nitrogens with zero attached hydrogens (tertiary/aromatic N) is 4. The van der Waals surface area contributed by atoms with Gasteiger partial charge in [0.25, 0.3) is 0 Å². The first-order valence-corrected chi connectivity index (χ1v) is 7.93. The maximum absolute atomic E-state index is 5.98. The molecule has 21 heavy (non-hydrogen) atoms. The van der Waals surface area contributed by atoms with Gasteiger partial charge in [-0.2, -0.15) is 0 Å². The predicted octanol–water partition coefficient (Wildman–Crippen LogP) is 1.71. The molecule has 1 unspecified atom stereocenters. The minimum Gasteiger partial charge on any atom is -0.353 e. The first kappa shape index (κ1) is 14.4. The monoisotopic (exact) mass is 287 g/mol. The van der Waals surface area contributed by atoms with Gasteiger partial charge in [-0.15, -0.1) is 0 Å². The van der Waals surface area contributed by atoms with Gasteiger partial charge < -0.3 is 15.0 Å². The van der Waals surface area contributed by atoms with Crippen molar-refractivity contribution in [2.24, 2.45) is 5.73 Å². The van der Waals surface area contributed by atoms with Crippen LogP contribution in [0, 0.1) is 0 Å². The molecule has 114 valence electrons. The first-order chi connectivity index (χ1) is 10.3. The van der Waals surface area contributed by atoms with E-state index in [-0.39, 0.29) is 0 Å². The average molecular weight is 287 g/mol. The average Bonchev–Trinajstić information content (AvgIpc) is 3.12. The van der Waals surface area contributed by atoms with Gasteiger partial charge in [0.15, 0.2) is 5.82 Å². The fourth-order valence-electron chi connectivity index (χ4n) is 3.45. The second-order valence-corrected chi connectivity index (χ2v) is 5.62. The molecule has 0 amide bonds. The summed E-state index contributed by atoms with van der Waals surface area (Å²) in [6.45, 7) is 9.35. The molecule has 2 N–H and O–H groups in total. The Morgan fingerprint density at radius 3 is 2.86 bits per heavy atom. The van der Waals surface area contributed by atoms with Gasteiger partial charge in [-0.3, -0.25) is 4.90 Å². The van der Waals surface area contributed by atoms with Crippen LogP contribution in [0.25, 0.3) is 5.65 Å². The lowest BCUT2D eigenvalue weighted by Crippen LogP contribution is -2.37. The zero-order valence-electron chi connectivity index (χ0n) is 13.0. The zero-order valence-corrected chi connectivity index (χ0v) is 13.0. The van der Waals surface area contributed by atoms with Crippen LogP contribution in [0.1, 0.15) is 26.0 Å². The maximum atomic E-state index is 5.98. The molecule has 0 radical (unpaired) electrons. The highest BCUT2D eigenvalue weighted by Gasteiger charge is 2.29. The van der Waals surface area contributed by atoms with Crippen molar-refractivity contribution in [2.75, 3.05) is 31.1 Å². The van der Waals surface area contributed by atoms with E-state index >= 15 is 0 Å². The Morgan fingerprint density at radius 2 is 2.14 bits per heavy atom. The molecule has 0 bridgehead atoms. The standard InChI is InChI=1S/C16H25N5/c1-3-19(4-2)13-8-10-20(12-13)16-14(11-17)21-9-6-5-7-15(21)18-16/h5-7,9,13H,3-4,8,10-12,17H2,1-2H3. The zero-order chi connectivity index (χ0) is 14.8. The topological polar surface area (TPSA) is 49.8 Å². The van der Waals surface area contributed by atoms with Crippen molar-refractivity contribution >= 4 is 11.5 Å². The highest BCUT2D eigenvalue weighted by molar-refractivity contribution is 5.56. The van der Waals surface area contributed by atoms with Gasteiger partial charge in [-0.1, -0.05) is 19.9 Å². The molecule has 0 aliphatic carbocycles. The van der Waals surface area contributed by atoms with Crippen molar-refractivity contribution < 1.29 is 0 Å². The molecule has 5 nitrogen and oxygen atoms in total. The number of aromatic nitrogens is 2. The third-order valence-corrected chi connectivity index (χ3v) is 4.59. The van der Waals surface area contributed by atoms with Crippen molar-refractivity contribution in [1.29, 1.82) is 0 Å². The number of nitrogens with two attached hydrogens (primary N) is 1. The molecule has 2 aromatic heterocycles. The van der Waals surface area contributed by atoms with Crippen molar-refractivity contribution in [3.63, 3.8) is 0 Å². The first-order valence-electron chi connectivity index (χ1n) is 7.93. The van der Waals surface area contributed by atoms with E-state index in [0.717, 1.165) is 43.3 Å². The molecule has 1 fully saturated rings. The number of imidazole rings is 1. The van der Waals surface area contributed by atoms with Gasteiger partial charge in [-0.25, -0.2) is 4.98 Å². The summed E-state index contributed by atoms with van der Waals surface area (Å²) in [5.41, 5.74) is 8.08. The summed E-state index contributed by atoms with van der Waals surface area (Å²) in [5.74, 6) is 1.07. The number of hydrogen-bond acceptors (Lipinski definition) is 4. The molecule has 0 saturated carbocycles. The van der Waals surface area contributed by atoms with Crippen LogP contribution in [0.2, 0.25) is 0 Å². The highest BCUT2D eigenvalue weighted by atomic mass is 15.3. The van der Waals surface area contributed by atoms with Crippen molar-refractivity contribution in [1.82, 2.24) is 14.3 Å². The Morgan fingerprint density at radius 1 is 1.33 bits per heavy atom. The van der Waals surface area contributed by atoms with Crippen molar-refractivity contribution in [2.45, 2.75) is 32.9 Å². The Balaban J connectivity index is 1.88. The van der Waals surface area contributed by atoms with Gasteiger partial charge in [-0.05, 0) is 31.6 Å². The molecule has 1 saturated heterocycles. The number of hydrogen-bond donors (Lipinski definition) is 1. The molecule has 2 aromatic rings. The number of fused-ring (bicyclic) bond motifs is 1. The van der Waals surface area contributed by atoms with Gasteiger partial charge in [0.05, 0.1) is 5.69 Å². The van der Waals surface area contributed by atoms with Gasteiger partial charge in [0, 0.05) is 31.9 Å². The van der Waals surface area contributed by atoms with Crippen LogP contribution in [-0.4, -0.2) is 46.5 Å². The van der Waals surface area contributed by atoms with E-state index in [2.05, 4.69) is 28.0 Å². The summed E-state index contributed by atoms with van der Waals surface area (Å²) in [5, 5.41) is 0. The van der Waals surface area contributed by atoms with E-state index in [1.54, 1.807) is 0 Å². The molecule has 5 heteroatoms. The molecule has 0 spiro atoms. The third-order valence-electron chi connectivity index (χ3n) is 4.59. The smallest absolute Gasteiger partial charge is 0.152 e. The molecular formula is C16H25N5. The quantitative estimate of drug-likeness (QED) is 0.909. The van der Waals surface area contributed by atoms with Crippen LogP contribution in [0.3, 0.4) is 0 Å². The predicted molar refractivity (Wildman–Crippen MR) is 86.6 cm³/mol. The van der Waals surface area contributed by atoms with Crippen LogP contribution < -0.4 is 10.6 Å². The lowest BCUT2D eigenvalue weighted by Gasteiger charge is -2.26. The SMILES string of the molecule is CCN(CC)C1CCN(c2nc3ccccn3c2CN)C1. The third kappa shape index (κ3) is 2.51. The number of likely N-dealkylation sites (N-methyl/N-ethyl adjacent to an activating group) is 1. The Hall–Kier alpha value is -1.59. The Labute approximate surface area is 126 Å². The molecule has 3 heterocycles. The summed E-state index contributed by atoms with van der Waals surface area (Å²) in [4.78, 5) is 9.74. The van der Waals surface area contributed by atoms with Gasteiger partial charge >= 0.3 is 0 Å². The van der Waals surface area contributed by atoms with E-state index in [1.165, 1.54) is 6.42 Å². The van der Waals surface area contributed by atoms with Crippen LogP contribution in [0.15, 0.2) is 24.4 Å². The van der Waals surface area contributed by atoms with E-state index in [0.29, 0.717) is 12.6 Å². The normalized spacial score (nSPS) is 19.0. The van der Waals surface area contributed by atoms with E-state index in [1.807, 2.05) is 24.4 Å². The minimum absolute atomic E-state index is 0.521. The van der Waals surface area contributed by atoms with E-state index in [9.17, 15) is 0 Å². The number of rotatable bonds is 5. The molecule has 1 atom stereocenters. The Bertz CT molecular complexity index is 602. The molecule has 0 aromatic carbocycles. The molecular weight excluding hydrogens is 262 g/mol. The summed E-state index contributed by atoms with van der Waals surface area (Å²) >= 11 is 0. The second-order valence-electron chi connectivity index (χ2n) is 5.62. The van der Waals surface area contributed by atoms with Crippen LogP contribution in [0.4, 0.5) is 5.82 Å². The summed E-state index contributed by atoms with van der Waals surface area (Å²) in [6.07, 6.45) is 3.26. The number of anilines is 1. The molecule has 1 aliphatic heterocycles. The summed E-state index contributed by atoms with van der Waals surface area (Å²) < 4.78 is 2.11. The van der Waals surface area contributed by atoms with E-state index in [4.69, 9.17) is 10.7 Å². The fourth-order valence-corrected chi connectivity index (χ4v) is 3.45. The second kappa shape index (κ2) is 6.03.